The van der Waals surface area contributed by atoms with Crippen LogP contribution in [0.1, 0.15) is 0 Å². The average molecular weight is 414 g/mol. The molecular formula is C20H13ClFN3O2S. The zero-order valence-corrected chi connectivity index (χ0v) is 15.9. The third kappa shape index (κ3) is 3.67. The van der Waals surface area contributed by atoms with Gasteiger partial charge >= 0.3 is 0 Å². The van der Waals surface area contributed by atoms with E-state index >= 15 is 0 Å². The van der Waals surface area contributed by atoms with E-state index in [1.54, 1.807) is 12.1 Å². The normalized spacial score (nSPS) is 10.9. The number of aromatic nitrogens is 2. The van der Waals surface area contributed by atoms with Gasteiger partial charge in [-0.3, -0.25) is 14.2 Å². The van der Waals surface area contributed by atoms with Gasteiger partial charge in [0.05, 0.1) is 11.8 Å². The molecule has 1 amide bonds. The summed E-state index contributed by atoms with van der Waals surface area (Å²) in [6.07, 6.45) is 1.36. The topological polar surface area (TPSA) is 64.0 Å². The molecule has 2 heterocycles. The van der Waals surface area contributed by atoms with Crippen LogP contribution < -0.4 is 10.9 Å². The van der Waals surface area contributed by atoms with Crippen molar-refractivity contribution in [3.63, 3.8) is 0 Å². The van der Waals surface area contributed by atoms with Gasteiger partial charge in [0.1, 0.15) is 17.1 Å². The first-order valence-corrected chi connectivity index (χ1v) is 9.55. The Labute approximate surface area is 168 Å². The number of hydrogen-bond donors (Lipinski definition) is 1. The highest BCUT2D eigenvalue weighted by Gasteiger charge is 2.14. The Morgan fingerprint density at radius 2 is 1.86 bits per heavy atom. The van der Waals surface area contributed by atoms with Crippen molar-refractivity contribution in [2.24, 2.45) is 0 Å². The molecular weight excluding hydrogens is 401 g/mol. The Bertz CT molecular complexity index is 1220. The van der Waals surface area contributed by atoms with Crippen molar-refractivity contribution in [2.75, 3.05) is 5.32 Å². The smallest absolute Gasteiger partial charge is 0.271 e. The van der Waals surface area contributed by atoms with Gasteiger partial charge in [0.2, 0.25) is 5.91 Å². The third-order valence-electron chi connectivity index (χ3n) is 4.14. The van der Waals surface area contributed by atoms with Crippen molar-refractivity contribution in [1.82, 2.24) is 9.55 Å². The highest BCUT2D eigenvalue weighted by atomic mass is 35.5. The fraction of sp³-hybridized carbons (Fsp3) is 0.0500. The molecule has 1 N–H and O–H groups in total. The van der Waals surface area contributed by atoms with Gasteiger partial charge < -0.3 is 5.32 Å². The second-order valence-corrected chi connectivity index (χ2v) is 7.38. The zero-order chi connectivity index (χ0) is 19.7. The summed E-state index contributed by atoms with van der Waals surface area (Å²) >= 11 is 7.21. The summed E-state index contributed by atoms with van der Waals surface area (Å²) in [6.45, 7) is -0.187. The van der Waals surface area contributed by atoms with Crippen molar-refractivity contribution in [1.29, 1.82) is 0 Å². The molecule has 0 saturated carbocycles. The lowest BCUT2D eigenvalue weighted by Gasteiger charge is -2.07. The number of nitrogens with one attached hydrogen (secondary N) is 1. The van der Waals surface area contributed by atoms with E-state index in [1.165, 1.54) is 46.5 Å². The monoisotopic (exact) mass is 413 g/mol. The van der Waals surface area contributed by atoms with E-state index in [2.05, 4.69) is 10.3 Å². The van der Waals surface area contributed by atoms with Gasteiger partial charge in [0.25, 0.3) is 5.56 Å². The van der Waals surface area contributed by atoms with Gasteiger partial charge in [-0.15, -0.1) is 11.3 Å². The summed E-state index contributed by atoms with van der Waals surface area (Å²) in [5, 5.41) is 5.12. The van der Waals surface area contributed by atoms with Crippen LogP contribution >= 0.6 is 22.9 Å². The molecule has 0 aliphatic heterocycles. The van der Waals surface area contributed by atoms with Crippen LogP contribution in [0.3, 0.4) is 0 Å². The number of carbonyl (C=O) groups excluding carboxylic acids is 1. The molecule has 0 radical (unpaired) electrons. The lowest BCUT2D eigenvalue weighted by molar-refractivity contribution is -0.116. The van der Waals surface area contributed by atoms with Crippen molar-refractivity contribution in [3.05, 3.63) is 81.4 Å². The van der Waals surface area contributed by atoms with Crippen LogP contribution in [0.15, 0.2) is 65.0 Å². The van der Waals surface area contributed by atoms with E-state index in [9.17, 15) is 14.0 Å². The number of benzene rings is 2. The van der Waals surface area contributed by atoms with Crippen LogP contribution in [0.4, 0.5) is 10.1 Å². The molecule has 8 heteroatoms. The van der Waals surface area contributed by atoms with Crippen LogP contribution in [0.25, 0.3) is 21.3 Å². The van der Waals surface area contributed by atoms with Crippen molar-refractivity contribution >= 4 is 44.7 Å². The summed E-state index contributed by atoms with van der Waals surface area (Å²) in [7, 11) is 0. The van der Waals surface area contributed by atoms with Gasteiger partial charge in [-0.1, -0.05) is 23.7 Å². The molecule has 4 aromatic rings. The number of amides is 1. The van der Waals surface area contributed by atoms with Crippen molar-refractivity contribution in [2.45, 2.75) is 6.54 Å². The summed E-state index contributed by atoms with van der Waals surface area (Å²) in [6, 6.07) is 12.7. The molecule has 0 unspecified atom stereocenters. The SMILES string of the molecule is O=C(Cn1cnc2c(-c3ccc(Cl)cc3)csc2c1=O)Nc1ccc(F)cc1. The minimum Gasteiger partial charge on any atom is -0.325 e. The maximum absolute atomic E-state index is 12.9. The molecule has 2 aromatic heterocycles. The summed E-state index contributed by atoms with van der Waals surface area (Å²) in [4.78, 5) is 29.3. The van der Waals surface area contributed by atoms with Crippen molar-refractivity contribution < 1.29 is 9.18 Å². The lowest BCUT2D eigenvalue weighted by Crippen LogP contribution is -2.27. The molecule has 5 nitrogen and oxygen atoms in total. The molecule has 0 aliphatic carbocycles. The predicted octanol–water partition coefficient (Wildman–Crippen LogP) is 4.56. The Morgan fingerprint density at radius 1 is 1.14 bits per heavy atom. The Kier molecular flexibility index (Phi) is 4.93. The largest absolute Gasteiger partial charge is 0.325 e. The van der Waals surface area contributed by atoms with E-state index in [0.717, 1.165) is 11.1 Å². The number of anilines is 1. The molecule has 28 heavy (non-hydrogen) atoms. The molecule has 140 valence electrons. The molecule has 4 rings (SSSR count). The number of fused-ring (bicyclic) bond motifs is 1. The molecule has 0 bridgehead atoms. The van der Waals surface area contributed by atoms with Gasteiger partial charge in [-0.2, -0.15) is 0 Å². The van der Waals surface area contributed by atoms with Crippen LogP contribution in [0.2, 0.25) is 5.02 Å². The van der Waals surface area contributed by atoms with Crippen LogP contribution in [-0.2, 0) is 11.3 Å². The highest BCUT2D eigenvalue weighted by molar-refractivity contribution is 7.17. The second kappa shape index (κ2) is 7.53. The number of halogens is 2. The standard InChI is InChI=1S/C20H13ClFN3O2S/c21-13-3-1-12(2-4-13)16-10-28-19-18(16)23-11-25(20(19)27)9-17(26)24-15-7-5-14(22)6-8-15/h1-8,10-11H,9H2,(H,24,26). The van der Waals surface area contributed by atoms with Crippen LogP contribution in [0, 0.1) is 5.82 Å². The third-order valence-corrected chi connectivity index (χ3v) is 5.35. The fourth-order valence-corrected chi connectivity index (χ4v) is 3.88. The van der Waals surface area contributed by atoms with Crippen LogP contribution in [0.5, 0.6) is 0 Å². The Morgan fingerprint density at radius 3 is 2.57 bits per heavy atom. The highest BCUT2D eigenvalue weighted by Crippen LogP contribution is 2.31. The zero-order valence-electron chi connectivity index (χ0n) is 14.4. The van der Waals surface area contributed by atoms with Crippen LogP contribution in [-0.4, -0.2) is 15.5 Å². The molecule has 0 saturated heterocycles. The number of rotatable bonds is 4. The first-order chi connectivity index (χ1) is 13.5. The van der Waals surface area contributed by atoms with Gasteiger partial charge in [-0.05, 0) is 42.0 Å². The van der Waals surface area contributed by atoms with E-state index in [0.29, 0.717) is 20.9 Å². The number of nitrogens with zero attached hydrogens (tertiary/aromatic N) is 2. The quantitative estimate of drug-likeness (QED) is 0.533. The minimum atomic E-state index is -0.399. The fourth-order valence-electron chi connectivity index (χ4n) is 2.78. The maximum atomic E-state index is 12.9. The second-order valence-electron chi connectivity index (χ2n) is 6.07. The molecule has 2 aromatic carbocycles. The van der Waals surface area contributed by atoms with E-state index in [4.69, 9.17) is 11.6 Å². The molecule has 0 fully saturated rings. The minimum absolute atomic E-state index is 0.187. The first kappa shape index (κ1) is 18.3. The van der Waals surface area contributed by atoms with E-state index in [-0.39, 0.29) is 12.1 Å². The van der Waals surface area contributed by atoms with Gasteiger partial charge in [-0.25, -0.2) is 9.37 Å². The van der Waals surface area contributed by atoms with Gasteiger partial charge in [0, 0.05) is 21.7 Å². The van der Waals surface area contributed by atoms with E-state index in [1.807, 2.05) is 17.5 Å². The molecule has 0 atom stereocenters. The summed E-state index contributed by atoms with van der Waals surface area (Å²) in [5.74, 6) is -0.789. The summed E-state index contributed by atoms with van der Waals surface area (Å²) < 4.78 is 14.7. The maximum Gasteiger partial charge on any atom is 0.271 e. The number of thiophene rings is 1. The Balaban J connectivity index is 1.60. The van der Waals surface area contributed by atoms with Crippen molar-refractivity contribution in [3.8, 4) is 11.1 Å². The summed E-state index contributed by atoms with van der Waals surface area (Å²) in [5.41, 5.74) is 2.51. The molecule has 0 spiro atoms. The average Bonchev–Trinajstić information content (AvgIpc) is 3.11. The number of hydrogen-bond acceptors (Lipinski definition) is 4. The van der Waals surface area contributed by atoms with E-state index < -0.39 is 11.7 Å². The predicted molar refractivity (Wildman–Crippen MR) is 109 cm³/mol. The Hall–Kier alpha value is -3.03. The van der Waals surface area contributed by atoms with Gasteiger partial charge in [0.15, 0.2) is 0 Å². The first-order valence-electron chi connectivity index (χ1n) is 8.29. The number of carbonyl (C=O) groups is 1. The lowest BCUT2D eigenvalue weighted by atomic mass is 10.1. The molecule has 0 aliphatic rings.